The van der Waals surface area contributed by atoms with Crippen LogP contribution in [0.25, 0.3) is 11.3 Å². The molecule has 0 aliphatic carbocycles. The van der Waals surface area contributed by atoms with Crippen molar-refractivity contribution >= 4 is 23.2 Å². The van der Waals surface area contributed by atoms with Crippen molar-refractivity contribution in [1.29, 1.82) is 0 Å². The number of nitrogens with one attached hydrogen (secondary N) is 2. The van der Waals surface area contributed by atoms with Crippen LogP contribution in [-0.4, -0.2) is 43.5 Å². The first kappa shape index (κ1) is 21.4. The molecule has 2 aromatic carbocycles. The normalized spacial score (nSPS) is 13.4. The molecule has 2 heterocycles. The van der Waals surface area contributed by atoms with E-state index < -0.39 is 0 Å². The number of hydrogen-bond donors (Lipinski definition) is 2. The zero-order chi connectivity index (χ0) is 22.3. The molecule has 0 radical (unpaired) electrons. The predicted octanol–water partition coefficient (Wildman–Crippen LogP) is 4.80. The summed E-state index contributed by atoms with van der Waals surface area (Å²) >= 11 is 0. The zero-order valence-corrected chi connectivity index (χ0v) is 18.3. The van der Waals surface area contributed by atoms with Crippen molar-refractivity contribution in [2.24, 2.45) is 0 Å². The lowest BCUT2D eigenvalue weighted by molar-refractivity contribution is 0.262. The number of aromatic nitrogens is 2. The molecule has 2 amide bonds. The van der Waals surface area contributed by atoms with Crippen LogP contribution in [0.3, 0.4) is 0 Å². The second kappa shape index (κ2) is 10.00. The molecule has 0 unspecified atom stereocenters. The highest BCUT2D eigenvalue weighted by molar-refractivity contribution is 6.00. The van der Waals surface area contributed by atoms with Gasteiger partial charge in [-0.25, -0.2) is 4.79 Å². The molecule has 1 aromatic heterocycles. The average Bonchev–Trinajstić information content (AvgIpc) is 2.85. The summed E-state index contributed by atoms with van der Waals surface area (Å²) in [5.74, 6) is 2.09. The fraction of sp³-hybridized carbons (Fsp3) is 0.292. The van der Waals surface area contributed by atoms with Crippen LogP contribution in [0.5, 0.6) is 11.5 Å². The Balaban J connectivity index is 1.39. The van der Waals surface area contributed by atoms with Gasteiger partial charge >= 0.3 is 6.03 Å². The smallest absolute Gasteiger partial charge is 0.323 e. The lowest BCUT2D eigenvalue weighted by Crippen LogP contribution is -2.30. The van der Waals surface area contributed by atoms with Gasteiger partial charge in [0.25, 0.3) is 0 Å². The van der Waals surface area contributed by atoms with Gasteiger partial charge in [0.15, 0.2) is 5.82 Å². The third-order valence-electron chi connectivity index (χ3n) is 5.42. The molecular formula is C24H27N5O3. The highest BCUT2D eigenvalue weighted by atomic mass is 16.5. The third-order valence-corrected chi connectivity index (χ3v) is 5.42. The van der Waals surface area contributed by atoms with Crippen LogP contribution in [0.15, 0.2) is 54.6 Å². The van der Waals surface area contributed by atoms with E-state index in [0.29, 0.717) is 22.9 Å². The molecule has 1 saturated heterocycles. The van der Waals surface area contributed by atoms with E-state index in [1.54, 1.807) is 32.4 Å². The van der Waals surface area contributed by atoms with Gasteiger partial charge in [-0.2, -0.15) is 0 Å². The Morgan fingerprint density at radius 1 is 0.875 bits per heavy atom. The van der Waals surface area contributed by atoms with Gasteiger partial charge in [-0.15, -0.1) is 10.2 Å². The van der Waals surface area contributed by atoms with Crippen LogP contribution in [0.1, 0.15) is 19.3 Å². The largest absolute Gasteiger partial charge is 0.497 e. The summed E-state index contributed by atoms with van der Waals surface area (Å²) in [5, 5.41) is 14.4. The van der Waals surface area contributed by atoms with E-state index in [-0.39, 0.29) is 6.03 Å². The molecule has 32 heavy (non-hydrogen) atoms. The topological polar surface area (TPSA) is 88.6 Å². The molecule has 0 atom stereocenters. The van der Waals surface area contributed by atoms with Crippen LogP contribution in [-0.2, 0) is 0 Å². The van der Waals surface area contributed by atoms with Crippen LogP contribution in [0.4, 0.5) is 22.0 Å². The van der Waals surface area contributed by atoms with Gasteiger partial charge in [0.2, 0.25) is 0 Å². The summed E-state index contributed by atoms with van der Waals surface area (Å²) in [4.78, 5) is 14.7. The van der Waals surface area contributed by atoms with Crippen molar-refractivity contribution in [3.63, 3.8) is 0 Å². The van der Waals surface area contributed by atoms with E-state index >= 15 is 0 Å². The highest BCUT2D eigenvalue weighted by Crippen LogP contribution is 2.29. The fourth-order valence-corrected chi connectivity index (χ4v) is 3.69. The van der Waals surface area contributed by atoms with E-state index in [4.69, 9.17) is 9.47 Å². The van der Waals surface area contributed by atoms with Crippen molar-refractivity contribution in [3.8, 4) is 22.8 Å². The Morgan fingerprint density at radius 3 is 2.31 bits per heavy atom. The van der Waals surface area contributed by atoms with Crippen molar-refractivity contribution in [3.05, 3.63) is 54.6 Å². The molecule has 0 bridgehead atoms. The Morgan fingerprint density at radius 2 is 1.66 bits per heavy atom. The van der Waals surface area contributed by atoms with E-state index in [1.165, 1.54) is 19.3 Å². The van der Waals surface area contributed by atoms with Gasteiger partial charge in [0.05, 0.1) is 25.6 Å². The number of rotatable bonds is 6. The molecule has 8 heteroatoms. The maximum Gasteiger partial charge on any atom is 0.323 e. The summed E-state index contributed by atoms with van der Waals surface area (Å²) in [6.45, 7) is 2.08. The average molecular weight is 434 g/mol. The minimum atomic E-state index is -0.380. The van der Waals surface area contributed by atoms with Gasteiger partial charge in [-0.3, -0.25) is 0 Å². The van der Waals surface area contributed by atoms with Gasteiger partial charge in [0.1, 0.15) is 11.5 Å². The number of piperidine rings is 1. The molecular weight excluding hydrogens is 406 g/mol. The summed E-state index contributed by atoms with van der Waals surface area (Å²) in [7, 11) is 3.12. The number of methoxy groups -OCH3 is 2. The minimum Gasteiger partial charge on any atom is -0.497 e. The molecule has 1 aliphatic heterocycles. The van der Waals surface area contributed by atoms with E-state index in [0.717, 1.165) is 30.2 Å². The molecule has 3 aromatic rings. The zero-order valence-electron chi connectivity index (χ0n) is 18.3. The van der Waals surface area contributed by atoms with Crippen LogP contribution in [0, 0.1) is 0 Å². The number of anilines is 3. The molecule has 8 nitrogen and oxygen atoms in total. The lowest BCUT2D eigenvalue weighted by atomic mass is 10.1. The molecule has 4 rings (SSSR count). The predicted molar refractivity (Wildman–Crippen MR) is 126 cm³/mol. The lowest BCUT2D eigenvalue weighted by Gasteiger charge is -2.27. The third kappa shape index (κ3) is 5.08. The Labute approximate surface area is 187 Å². The Hall–Kier alpha value is -3.81. The summed E-state index contributed by atoms with van der Waals surface area (Å²) in [6.07, 6.45) is 3.69. The van der Waals surface area contributed by atoms with Gasteiger partial charge in [-0.1, -0.05) is 12.1 Å². The summed E-state index contributed by atoms with van der Waals surface area (Å²) < 4.78 is 10.5. The van der Waals surface area contributed by atoms with Crippen LogP contribution < -0.4 is 25.0 Å². The number of benzene rings is 2. The number of carbonyl (C=O) groups is 1. The number of urea groups is 1. The van der Waals surface area contributed by atoms with E-state index in [1.807, 2.05) is 36.4 Å². The fourth-order valence-electron chi connectivity index (χ4n) is 3.69. The van der Waals surface area contributed by atoms with Gasteiger partial charge in [0, 0.05) is 30.4 Å². The van der Waals surface area contributed by atoms with Crippen LogP contribution >= 0.6 is 0 Å². The standard InChI is InChI=1S/C24H27N5O3/c1-31-19-10-12-22(32-2)21(16-19)26-24(30)25-18-8-6-17(7-9-18)20-11-13-23(28-27-20)29-14-4-3-5-15-29/h6-13,16H,3-5,14-15H2,1-2H3,(H2,25,26,30). The Bertz CT molecular complexity index is 1050. The molecule has 166 valence electrons. The number of ether oxygens (including phenoxy) is 2. The van der Waals surface area contributed by atoms with Gasteiger partial charge in [-0.05, 0) is 55.7 Å². The SMILES string of the molecule is COc1ccc(OC)c(NC(=O)Nc2ccc(-c3ccc(N4CCCCC4)nn3)cc2)c1. The first-order valence-electron chi connectivity index (χ1n) is 10.7. The number of hydrogen-bond acceptors (Lipinski definition) is 6. The summed E-state index contributed by atoms with van der Waals surface area (Å²) in [6, 6.07) is 16.3. The maximum absolute atomic E-state index is 12.4. The summed E-state index contributed by atoms with van der Waals surface area (Å²) in [5.41, 5.74) is 2.90. The molecule has 0 saturated carbocycles. The second-order valence-electron chi connectivity index (χ2n) is 7.55. The first-order valence-corrected chi connectivity index (χ1v) is 10.7. The second-order valence-corrected chi connectivity index (χ2v) is 7.55. The van der Waals surface area contributed by atoms with Crippen molar-refractivity contribution < 1.29 is 14.3 Å². The molecule has 0 spiro atoms. The number of carbonyl (C=O) groups excluding carboxylic acids is 1. The highest BCUT2D eigenvalue weighted by Gasteiger charge is 2.13. The maximum atomic E-state index is 12.4. The minimum absolute atomic E-state index is 0.380. The van der Waals surface area contributed by atoms with E-state index in [9.17, 15) is 4.79 Å². The molecule has 2 N–H and O–H groups in total. The van der Waals surface area contributed by atoms with Gasteiger partial charge < -0.3 is 25.0 Å². The van der Waals surface area contributed by atoms with Crippen molar-refractivity contribution in [2.45, 2.75) is 19.3 Å². The quantitative estimate of drug-likeness (QED) is 0.581. The number of amides is 2. The van der Waals surface area contributed by atoms with Crippen molar-refractivity contribution in [2.75, 3.05) is 42.8 Å². The number of nitrogens with zero attached hydrogens (tertiary/aromatic N) is 3. The van der Waals surface area contributed by atoms with Crippen LogP contribution in [0.2, 0.25) is 0 Å². The molecule has 1 fully saturated rings. The molecule has 1 aliphatic rings. The van der Waals surface area contributed by atoms with E-state index in [2.05, 4.69) is 25.7 Å². The Kier molecular flexibility index (Phi) is 6.69. The van der Waals surface area contributed by atoms with Crippen molar-refractivity contribution in [1.82, 2.24) is 10.2 Å². The monoisotopic (exact) mass is 433 g/mol. The first-order chi connectivity index (χ1) is 15.7.